The SMILES string of the molecule is COC(=O)C[C@@H]1CCCN1C/C=C1\CN(C(C(=O)C2CC2)c2ccccc2F)CCC1SC(C)=O. The molecular formula is C27H35FN2O4S. The average Bonchev–Trinajstić information content (AvgIpc) is 3.60. The molecule has 0 spiro atoms. The van der Waals surface area contributed by atoms with Gasteiger partial charge >= 0.3 is 5.97 Å². The van der Waals surface area contributed by atoms with Gasteiger partial charge in [-0.3, -0.25) is 24.2 Å². The molecule has 3 aliphatic rings. The lowest BCUT2D eigenvalue weighted by molar-refractivity contribution is -0.141. The fourth-order valence-corrected chi connectivity index (χ4v) is 6.28. The highest BCUT2D eigenvalue weighted by molar-refractivity contribution is 8.14. The zero-order chi connectivity index (χ0) is 24.9. The second-order valence-electron chi connectivity index (χ2n) is 9.81. The number of hydrogen-bond donors (Lipinski definition) is 0. The van der Waals surface area contributed by atoms with Crippen LogP contribution < -0.4 is 0 Å². The standard InChI is InChI=1S/C27H35FN2O4S/c1-18(31)35-24-12-15-30(26(27(33)19-9-10-19)22-7-3-4-8-23(22)28)17-20(24)11-14-29-13-5-6-21(29)16-25(32)34-2/h3-4,7-8,11,19,21,24,26H,5-6,9-10,12-17H2,1-2H3/b20-11+/t21-,24?,26?/m0/s1. The Morgan fingerprint density at radius 2 is 1.94 bits per heavy atom. The molecule has 35 heavy (non-hydrogen) atoms. The second kappa shape index (κ2) is 11.8. The molecule has 8 heteroatoms. The Hall–Kier alpha value is -2.03. The van der Waals surface area contributed by atoms with E-state index in [0.29, 0.717) is 31.6 Å². The van der Waals surface area contributed by atoms with Gasteiger partial charge in [-0.25, -0.2) is 4.39 Å². The molecule has 3 atom stereocenters. The van der Waals surface area contributed by atoms with Crippen LogP contribution in [0.4, 0.5) is 4.39 Å². The van der Waals surface area contributed by atoms with Crippen molar-refractivity contribution in [3.05, 3.63) is 47.3 Å². The van der Waals surface area contributed by atoms with Gasteiger partial charge < -0.3 is 4.74 Å². The maximum absolute atomic E-state index is 14.8. The van der Waals surface area contributed by atoms with Gasteiger partial charge in [0.25, 0.3) is 0 Å². The molecule has 2 saturated heterocycles. The highest BCUT2D eigenvalue weighted by Crippen LogP contribution is 2.40. The number of ether oxygens (including phenoxy) is 1. The first kappa shape index (κ1) is 26.0. The van der Waals surface area contributed by atoms with Crippen LogP contribution in [0.2, 0.25) is 0 Å². The number of nitrogens with zero attached hydrogens (tertiary/aromatic N) is 2. The van der Waals surface area contributed by atoms with Crippen molar-refractivity contribution >= 4 is 28.6 Å². The minimum atomic E-state index is -0.603. The molecule has 190 valence electrons. The summed E-state index contributed by atoms with van der Waals surface area (Å²) >= 11 is 1.34. The Bertz CT molecular complexity index is 980. The van der Waals surface area contributed by atoms with Crippen molar-refractivity contribution in [2.45, 2.75) is 62.8 Å². The molecule has 1 aromatic rings. The summed E-state index contributed by atoms with van der Waals surface area (Å²) in [7, 11) is 1.42. The number of carbonyl (C=O) groups is 3. The molecule has 1 saturated carbocycles. The number of benzene rings is 1. The van der Waals surface area contributed by atoms with Crippen molar-refractivity contribution in [3.8, 4) is 0 Å². The van der Waals surface area contributed by atoms with Crippen LogP contribution in [-0.4, -0.2) is 71.2 Å². The number of Topliss-reactive ketones (excluding diaryl/α,β-unsaturated/α-hetero) is 1. The Kier molecular flexibility index (Phi) is 8.78. The number of piperidine rings is 1. The van der Waals surface area contributed by atoms with Crippen molar-refractivity contribution in [2.75, 3.05) is 33.3 Å². The van der Waals surface area contributed by atoms with E-state index in [2.05, 4.69) is 15.9 Å². The highest BCUT2D eigenvalue weighted by Gasteiger charge is 2.41. The van der Waals surface area contributed by atoms with Crippen LogP contribution in [-0.2, 0) is 19.1 Å². The average molecular weight is 503 g/mol. The van der Waals surface area contributed by atoms with Crippen LogP contribution in [0, 0.1) is 11.7 Å². The highest BCUT2D eigenvalue weighted by atomic mass is 32.2. The molecule has 1 aliphatic carbocycles. The molecule has 0 amide bonds. The topological polar surface area (TPSA) is 66.9 Å². The smallest absolute Gasteiger partial charge is 0.307 e. The minimum Gasteiger partial charge on any atom is -0.469 e. The molecule has 2 unspecified atom stereocenters. The summed E-state index contributed by atoms with van der Waals surface area (Å²) in [6.45, 7) is 4.34. The summed E-state index contributed by atoms with van der Waals surface area (Å²) in [6.07, 6.45) is 7.02. The van der Waals surface area contributed by atoms with Crippen LogP contribution in [0.1, 0.15) is 57.1 Å². The predicted octanol–water partition coefficient (Wildman–Crippen LogP) is 4.15. The van der Waals surface area contributed by atoms with E-state index in [4.69, 9.17) is 4.74 Å². The van der Waals surface area contributed by atoms with Gasteiger partial charge in [-0.2, -0.15) is 0 Å². The Labute approximate surface area is 211 Å². The van der Waals surface area contributed by atoms with Crippen molar-refractivity contribution in [1.29, 1.82) is 0 Å². The monoisotopic (exact) mass is 502 g/mol. The van der Waals surface area contributed by atoms with E-state index in [9.17, 15) is 18.8 Å². The van der Waals surface area contributed by atoms with Gasteiger partial charge in [0.1, 0.15) is 5.82 Å². The Morgan fingerprint density at radius 1 is 1.17 bits per heavy atom. The number of likely N-dealkylation sites (tertiary alicyclic amines) is 2. The summed E-state index contributed by atoms with van der Waals surface area (Å²) in [5.74, 6) is -0.431. The predicted molar refractivity (Wildman–Crippen MR) is 134 cm³/mol. The molecule has 2 heterocycles. The number of thioether (sulfide) groups is 1. The normalized spacial score (nSPS) is 25.5. The van der Waals surface area contributed by atoms with E-state index in [1.54, 1.807) is 25.1 Å². The summed E-state index contributed by atoms with van der Waals surface area (Å²) in [5, 5.41) is 0.113. The number of hydrogen-bond acceptors (Lipinski definition) is 7. The first-order chi connectivity index (χ1) is 16.9. The van der Waals surface area contributed by atoms with Gasteiger partial charge in [0.15, 0.2) is 10.9 Å². The van der Waals surface area contributed by atoms with Gasteiger partial charge in [-0.05, 0) is 50.3 Å². The molecule has 0 radical (unpaired) electrons. The second-order valence-corrected chi connectivity index (χ2v) is 11.2. The van der Waals surface area contributed by atoms with Crippen LogP contribution >= 0.6 is 11.8 Å². The molecule has 6 nitrogen and oxygen atoms in total. The quantitative estimate of drug-likeness (QED) is 0.371. The van der Waals surface area contributed by atoms with Gasteiger partial charge in [0.05, 0.1) is 19.6 Å². The lowest BCUT2D eigenvalue weighted by atomic mass is 9.93. The molecular weight excluding hydrogens is 467 g/mol. The van der Waals surface area contributed by atoms with Crippen LogP contribution in [0.25, 0.3) is 0 Å². The van der Waals surface area contributed by atoms with Gasteiger partial charge in [-0.1, -0.05) is 36.0 Å². The molecule has 0 N–H and O–H groups in total. The molecule has 4 rings (SSSR count). The largest absolute Gasteiger partial charge is 0.469 e. The summed E-state index contributed by atoms with van der Waals surface area (Å²) < 4.78 is 19.7. The molecule has 1 aromatic carbocycles. The van der Waals surface area contributed by atoms with Crippen LogP contribution in [0.3, 0.4) is 0 Å². The van der Waals surface area contributed by atoms with E-state index >= 15 is 0 Å². The number of esters is 1. The number of rotatable bonds is 9. The first-order valence-corrected chi connectivity index (χ1v) is 13.4. The van der Waals surface area contributed by atoms with Crippen molar-refractivity contribution in [1.82, 2.24) is 9.80 Å². The zero-order valence-corrected chi connectivity index (χ0v) is 21.4. The van der Waals surface area contributed by atoms with Crippen LogP contribution in [0.15, 0.2) is 35.9 Å². The fourth-order valence-electron chi connectivity index (χ4n) is 5.33. The first-order valence-electron chi connectivity index (χ1n) is 12.6. The van der Waals surface area contributed by atoms with E-state index < -0.39 is 6.04 Å². The number of ketones is 1. The summed E-state index contributed by atoms with van der Waals surface area (Å²) in [4.78, 5) is 41.5. The van der Waals surface area contributed by atoms with Gasteiger partial charge in [0.2, 0.25) is 0 Å². The molecule has 3 fully saturated rings. The van der Waals surface area contributed by atoms with Gasteiger partial charge in [-0.15, -0.1) is 0 Å². The maximum Gasteiger partial charge on any atom is 0.307 e. The Morgan fingerprint density at radius 3 is 2.63 bits per heavy atom. The molecule has 0 aromatic heterocycles. The molecule has 2 aliphatic heterocycles. The van der Waals surface area contributed by atoms with Gasteiger partial charge in [0, 0.05) is 49.3 Å². The summed E-state index contributed by atoms with van der Waals surface area (Å²) in [5.41, 5.74) is 1.55. The number of halogens is 1. The zero-order valence-electron chi connectivity index (χ0n) is 20.6. The van der Waals surface area contributed by atoms with E-state index in [1.165, 1.54) is 24.9 Å². The lowest BCUT2D eigenvalue weighted by Gasteiger charge is -2.39. The number of methoxy groups -OCH3 is 1. The molecule has 0 bridgehead atoms. The maximum atomic E-state index is 14.8. The van der Waals surface area contributed by atoms with E-state index in [-0.39, 0.29) is 39.9 Å². The van der Waals surface area contributed by atoms with Crippen LogP contribution in [0.5, 0.6) is 0 Å². The lowest BCUT2D eigenvalue weighted by Crippen LogP contribution is -2.43. The third kappa shape index (κ3) is 6.60. The fraction of sp³-hybridized carbons (Fsp3) is 0.593. The van der Waals surface area contributed by atoms with Crippen molar-refractivity contribution in [3.63, 3.8) is 0 Å². The third-order valence-corrected chi connectivity index (χ3v) is 8.47. The van der Waals surface area contributed by atoms with E-state index in [0.717, 1.165) is 44.2 Å². The minimum absolute atomic E-state index is 0.0139. The van der Waals surface area contributed by atoms with Crippen molar-refractivity contribution in [2.24, 2.45) is 5.92 Å². The van der Waals surface area contributed by atoms with E-state index in [1.807, 2.05) is 0 Å². The van der Waals surface area contributed by atoms with Crippen molar-refractivity contribution < 1.29 is 23.5 Å². The third-order valence-electron chi connectivity index (χ3n) is 7.32. The number of carbonyl (C=O) groups excluding carboxylic acids is 3. The Balaban J connectivity index is 1.55. The summed E-state index contributed by atoms with van der Waals surface area (Å²) in [6, 6.07) is 6.14.